The number of hydrogen-bond acceptors (Lipinski definition) is 5. The van der Waals surface area contributed by atoms with E-state index in [0.29, 0.717) is 36.2 Å². The molecule has 2 unspecified atom stereocenters. The van der Waals surface area contributed by atoms with Gasteiger partial charge in [-0.3, -0.25) is 4.90 Å². The Kier molecular flexibility index (Phi) is 7.61. The molecule has 0 aromatic heterocycles. The molecule has 2 atom stereocenters. The number of nitrogens with zero attached hydrogens (tertiary/aromatic N) is 2. The Balaban J connectivity index is 1.42. The van der Waals surface area contributed by atoms with Gasteiger partial charge in [-0.2, -0.15) is 0 Å². The molecule has 0 aliphatic carbocycles. The van der Waals surface area contributed by atoms with Gasteiger partial charge in [0.1, 0.15) is 0 Å². The van der Waals surface area contributed by atoms with Crippen LogP contribution in [-0.2, 0) is 11.3 Å². The fourth-order valence-corrected chi connectivity index (χ4v) is 4.40. The zero-order chi connectivity index (χ0) is 20.8. The average Bonchev–Trinajstić information content (AvgIpc) is 2.71. The third kappa shape index (κ3) is 6.00. The van der Waals surface area contributed by atoms with Crippen LogP contribution in [0.3, 0.4) is 0 Å². The normalized spacial score (nSPS) is 23.7. The number of likely N-dealkylation sites (tertiary alicyclic amines) is 1. The minimum absolute atomic E-state index is 0.00634. The molecule has 2 heterocycles. The van der Waals surface area contributed by atoms with E-state index in [9.17, 15) is 4.79 Å². The van der Waals surface area contributed by atoms with Crippen LogP contribution in [0, 0.1) is 5.92 Å². The third-order valence-corrected chi connectivity index (χ3v) is 5.81. The van der Waals surface area contributed by atoms with E-state index in [0.717, 1.165) is 51.1 Å². The summed E-state index contributed by atoms with van der Waals surface area (Å²) < 4.78 is 16.4. The van der Waals surface area contributed by atoms with Gasteiger partial charge in [0.25, 0.3) is 0 Å². The van der Waals surface area contributed by atoms with Crippen molar-refractivity contribution in [1.82, 2.24) is 15.1 Å². The number of nitrogens with one attached hydrogen (secondary N) is 1. The Morgan fingerprint density at radius 1 is 1.10 bits per heavy atom. The van der Waals surface area contributed by atoms with Crippen molar-refractivity contribution in [3.8, 4) is 11.5 Å². The van der Waals surface area contributed by atoms with Gasteiger partial charge in [0.05, 0.1) is 26.4 Å². The molecule has 2 fully saturated rings. The highest BCUT2D eigenvalue weighted by molar-refractivity contribution is 5.74. The monoisotopic (exact) mass is 405 g/mol. The number of methoxy groups -OCH3 is 2. The number of ether oxygens (including phenoxy) is 3. The van der Waals surface area contributed by atoms with E-state index in [2.05, 4.69) is 24.1 Å². The van der Waals surface area contributed by atoms with Gasteiger partial charge in [-0.15, -0.1) is 0 Å². The first-order valence-electron chi connectivity index (χ1n) is 10.6. The second-order valence-electron chi connectivity index (χ2n) is 8.25. The predicted octanol–water partition coefficient (Wildman–Crippen LogP) is 2.73. The first kappa shape index (κ1) is 21.7. The number of hydrogen-bond donors (Lipinski definition) is 1. The lowest BCUT2D eigenvalue weighted by Gasteiger charge is -2.39. The molecular weight excluding hydrogens is 370 g/mol. The lowest BCUT2D eigenvalue weighted by atomic mass is 9.96. The summed E-state index contributed by atoms with van der Waals surface area (Å²) in [5.41, 5.74) is 0.987. The minimum Gasteiger partial charge on any atom is -0.493 e. The number of benzene rings is 1. The van der Waals surface area contributed by atoms with Crippen LogP contribution in [-0.4, -0.2) is 75.0 Å². The molecule has 0 saturated carbocycles. The maximum absolute atomic E-state index is 12.6. The number of amides is 2. The molecule has 1 N–H and O–H groups in total. The summed E-state index contributed by atoms with van der Waals surface area (Å²) in [6.45, 7) is 9.53. The Labute approximate surface area is 174 Å². The molecule has 29 heavy (non-hydrogen) atoms. The van der Waals surface area contributed by atoms with Gasteiger partial charge >= 0.3 is 6.03 Å². The van der Waals surface area contributed by atoms with Crippen LogP contribution in [0.25, 0.3) is 0 Å². The minimum atomic E-state index is 0.00634. The molecule has 0 bridgehead atoms. The summed E-state index contributed by atoms with van der Waals surface area (Å²) in [5, 5.41) is 3.03. The quantitative estimate of drug-likeness (QED) is 0.789. The summed E-state index contributed by atoms with van der Waals surface area (Å²) in [6.07, 6.45) is 2.73. The van der Waals surface area contributed by atoms with E-state index < -0.39 is 0 Å². The van der Waals surface area contributed by atoms with Crippen LogP contribution in [0.5, 0.6) is 11.5 Å². The molecule has 1 aromatic carbocycles. The van der Waals surface area contributed by atoms with Crippen LogP contribution in [0.15, 0.2) is 18.2 Å². The van der Waals surface area contributed by atoms with Crippen molar-refractivity contribution < 1.29 is 19.0 Å². The number of urea groups is 1. The molecule has 162 valence electrons. The van der Waals surface area contributed by atoms with Gasteiger partial charge in [-0.1, -0.05) is 6.07 Å². The van der Waals surface area contributed by atoms with Crippen LogP contribution < -0.4 is 14.8 Å². The fraction of sp³-hybridized carbons (Fsp3) is 0.682. The van der Waals surface area contributed by atoms with E-state index in [1.165, 1.54) is 0 Å². The van der Waals surface area contributed by atoms with Crippen LogP contribution >= 0.6 is 0 Å². The molecule has 2 saturated heterocycles. The van der Waals surface area contributed by atoms with Crippen molar-refractivity contribution in [3.63, 3.8) is 0 Å². The van der Waals surface area contributed by atoms with Crippen molar-refractivity contribution in [2.45, 2.75) is 45.4 Å². The zero-order valence-corrected chi connectivity index (χ0v) is 18.1. The van der Waals surface area contributed by atoms with E-state index in [-0.39, 0.29) is 6.03 Å². The molecule has 2 aliphatic heterocycles. The number of carbonyl (C=O) groups excluding carboxylic acids is 1. The SMILES string of the molecule is COc1ccc(CNC(=O)N2CCC(CN3CC(C)OC(C)C3)CC2)cc1OC. The highest BCUT2D eigenvalue weighted by atomic mass is 16.5. The Bertz CT molecular complexity index is 666. The van der Waals surface area contributed by atoms with Gasteiger partial charge < -0.3 is 24.4 Å². The van der Waals surface area contributed by atoms with E-state index >= 15 is 0 Å². The van der Waals surface area contributed by atoms with Gasteiger partial charge in [-0.25, -0.2) is 4.79 Å². The highest BCUT2D eigenvalue weighted by Crippen LogP contribution is 2.27. The summed E-state index contributed by atoms with van der Waals surface area (Å²) in [7, 11) is 3.23. The lowest BCUT2D eigenvalue weighted by Crippen LogP contribution is -2.49. The summed E-state index contributed by atoms with van der Waals surface area (Å²) in [5.74, 6) is 2.02. The van der Waals surface area contributed by atoms with Crippen LogP contribution in [0.4, 0.5) is 4.79 Å². The first-order valence-corrected chi connectivity index (χ1v) is 10.6. The molecule has 0 radical (unpaired) electrons. The average molecular weight is 406 g/mol. The van der Waals surface area contributed by atoms with E-state index in [1.807, 2.05) is 23.1 Å². The topological polar surface area (TPSA) is 63.3 Å². The number of carbonyl (C=O) groups is 1. The van der Waals surface area contributed by atoms with Crippen molar-refractivity contribution in [3.05, 3.63) is 23.8 Å². The number of morpholine rings is 1. The second kappa shape index (κ2) is 10.2. The van der Waals surface area contributed by atoms with Gasteiger partial charge in [0.2, 0.25) is 0 Å². The van der Waals surface area contributed by atoms with Crippen molar-refractivity contribution in [1.29, 1.82) is 0 Å². The van der Waals surface area contributed by atoms with Crippen LogP contribution in [0.1, 0.15) is 32.3 Å². The van der Waals surface area contributed by atoms with Crippen molar-refractivity contribution in [2.24, 2.45) is 5.92 Å². The number of rotatable bonds is 6. The van der Waals surface area contributed by atoms with Crippen LogP contribution in [0.2, 0.25) is 0 Å². The summed E-state index contributed by atoms with van der Waals surface area (Å²) >= 11 is 0. The molecular formula is C22H35N3O4. The predicted molar refractivity (Wildman–Crippen MR) is 113 cm³/mol. The molecule has 7 heteroatoms. The van der Waals surface area contributed by atoms with E-state index in [1.54, 1.807) is 14.2 Å². The molecule has 1 aromatic rings. The largest absolute Gasteiger partial charge is 0.493 e. The molecule has 2 amide bonds. The van der Waals surface area contributed by atoms with Crippen molar-refractivity contribution >= 4 is 6.03 Å². The molecule has 2 aliphatic rings. The lowest BCUT2D eigenvalue weighted by molar-refractivity contribution is -0.0728. The Hall–Kier alpha value is -1.99. The van der Waals surface area contributed by atoms with Gasteiger partial charge in [0.15, 0.2) is 11.5 Å². The van der Waals surface area contributed by atoms with Crippen molar-refractivity contribution in [2.75, 3.05) is 46.9 Å². The Morgan fingerprint density at radius 2 is 1.76 bits per heavy atom. The van der Waals surface area contributed by atoms with E-state index in [4.69, 9.17) is 14.2 Å². The third-order valence-electron chi connectivity index (χ3n) is 5.81. The molecule has 3 rings (SSSR count). The van der Waals surface area contributed by atoms with Gasteiger partial charge in [0, 0.05) is 39.3 Å². The summed E-state index contributed by atoms with van der Waals surface area (Å²) in [4.78, 5) is 17.0. The first-order chi connectivity index (χ1) is 14.0. The standard InChI is InChI=1S/C22H35N3O4/c1-16-13-24(14-17(2)29-16)15-18-7-9-25(10-8-18)22(26)23-12-19-5-6-20(27-3)21(11-19)28-4/h5-6,11,16-18H,7-10,12-15H2,1-4H3,(H,23,26). The maximum Gasteiger partial charge on any atom is 0.317 e. The number of piperidine rings is 1. The highest BCUT2D eigenvalue weighted by Gasteiger charge is 2.27. The maximum atomic E-state index is 12.6. The van der Waals surface area contributed by atoms with Gasteiger partial charge in [-0.05, 0) is 50.3 Å². The molecule has 7 nitrogen and oxygen atoms in total. The molecule has 0 spiro atoms. The second-order valence-corrected chi connectivity index (χ2v) is 8.25. The smallest absolute Gasteiger partial charge is 0.317 e. The fourth-order valence-electron chi connectivity index (χ4n) is 4.40. The Morgan fingerprint density at radius 3 is 2.38 bits per heavy atom. The summed E-state index contributed by atoms with van der Waals surface area (Å²) in [6, 6.07) is 5.71. The zero-order valence-electron chi connectivity index (χ0n) is 18.1.